The van der Waals surface area contributed by atoms with Crippen molar-refractivity contribution < 1.29 is 14.6 Å². The van der Waals surface area contributed by atoms with Crippen molar-refractivity contribution in [2.24, 2.45) is 0 Å². The summed E-state index contributed by atoms with van der Waals surface area (Å²) in [6.07, 6.45) is 1.98. The first-order valence-electron chi connectivity index (χ1n) is 5.97. The molecule has 1 aromatic rings. The van der Waals surface area contributed by atoms with E-state index in [9.17, 15) is 5.11 Å². The Hall–Kier alpha value is -1.40. The Balaban J connectivity index is 2.49. The monoisotopic (exact) mass is 255 g/mol. The molecule has 0 saturated carbocycles. The summed E-state index contributed by atoms with van der Waals surface area (Å²) in [6.45, 7) is 5.11. The van der Waals surface area contributed by atoms with Crippen molar-refractivity contribution in [2.75, 3.05) is 32.2 Å². The molecule has 1 aromatic heterocycles. The van der Waals surface area contributed by atoms with Crippen molar-refractivity contribution in [3.63, 3.8) is 0 Å². The van der Waals surface area contributed by atoms with Gasteiger partial charge in [-0.2, -0.15) is 0 Å². The van der Waals surface area contributed by atoms with E-state index in [2.05, 4.69) is 15.3 Å². The molecule has 0 aliphatic carbocycles. The lowest BCUT2D eigenvalue weighted by Crippen LogP contribution is -2.34. The van der Waals surface area contributed by atoms with E-state index in [-0.39, 0.29) is 0 Å². The van der Waals surface area contributed by atoms with Gasteiger partial charge in [0.1, 0.15) is 12.1 Å². The molecule has 1 unspecified atom stereocenters. The number of rotatable bonds is 8. The molecule has 0 radical (unpaired) electrons. The minimum Gasteiger partial charge on any atom is -0.478 e. The van der Waals surface area contributed by atoms with Gasteiger partial charge < -0.3 is 19.9 Å². The second-order valence-electron chi connectivity index (χ2n) is 4.27. The van der Waals surface area contributed by atoms with Crippen LogP contribution >= 0.6 is 0 Å². The predicted octanol–water partition coefficient (Wildman–Crippen LogP) is 1.07. The molecule has 0 spiro atoms. The van der Waals surface area contributed by atoms with Crippen LogP contribution in [0.1, 0.15) is 20.3 Å². The van der Waals surface area contributed by atoms with E-state index in [1.165, 1.54) is 6.33 Å². The second-order valence-corrected chi connectivity index (χ2v) is 4.27. The van der Waals surface area contributed by atoms with E-state index < -0.39 is 5.60 Å². The normalized spacial score (nSPS) is 14.0. The molecule has 6 heteroatoms. The van der Waals surface area contributed by atoms with Crippen molar-refractivity contribution in [2.45, 2.75) is 25.9 Å². The maximum Gasteiger partial charge on any atom is 0.218 e. The van der Waals surface area contributed by atoms with Gasteiger partial charge in [-0.05, 0) is 13.8 Å². The highest BCUT2D eigenvalue weighted by Crippen LogP contribution is 2.14. The first kappa shape index (κ1) is 14.7. The Kier molecular flexibility index (Phi) is 5.80. The number of hydrogen-bond acceptors (Lipinski definition) is 6. The zero-order chi connectivity index (χ0) is 13.4. The molecule has 18 heavy (non-hydrogen) atoms. The van der Waals surface area contributed by atoms with Crippen LogP contribution in [-0.2, 0) is 4.74 Å². The zero-order valence-electron chi connectivity index (χ0n) is 11.1. The van der Waals surface area contributed by atoms with Crippen molar-refractivity contribution in [1.29, 1.82) is 0 Å². The SMILES string of the molecule is CCOc1cc(NCC(C)(O)CCOC)ncn1. The van der Waals surface area contributed by atoms with Crippen LogP contribution in [0.4, 0.5) is 5.82 Å². The molecule has 0 aliphatic rings. The van der Waals surface area contributed by atoms with Crippen molar-refractivity contribution in [3.05, 3.63) is 12.4 Å². The number of aliphatic hydroxyl groups is 1. The fourth-order valence-electron chi connectivity index (χ4n) is 1.35. The van der Waals surface area contributed by atoms with Crippen LogP contribution < -0.4 is 10.1 Å². The highest BCUT2D eigenvalue weighted by Gasteiger charge is 2.19. The molecule has 102 valence electrons. The number of hydrogen-bond donors (Lipinski definition) is 2. The minimum absolute atomic E-state index is 0.388. The van der Waals surface area contributed by atoms with Gasteiger partial charge in [-0.25, -0.2) is 9.97 Å². The topological polar surface area (TPSA) is 76.5 Å². The van der Waals surface area contributed by atoms with Crippen LogP contribution in [0.5, 0.6) is 5.88 Å². The third-order valence-corrected chi connectivity index (χ3v) is 2.43. The van der Waals surface area contributed by atoms with E-state index >= 15 is 0 Å². The van der Waals surface area contributed by atoms with Gasteiger partial charge in [-0.15, -0.1) is 0 Å². The predicted molar refractivity (Wildman–Crippen MR) is 68.8 cm³/mol. The summed E-state index contributed by atoms with van der Waals surface area (Å²) in [6, 6.07) is 1.70. The standard InChI is InChI=1S/C12H21N3O3/c1-4-18-11-7-10(14-9-15-11)13-8-12(2,16)5-6-17-3/h7,9,16H,4-6,8H2,1-3H3,(H,13,14,15). The summed E-state index contributed by atoms with van der Waals surface area (Å²) in [5.41, 5.74) is -0.841. The number of nitrogens with zero attached hydrogens (tertiary/aromatic N) is 2. The van der Waals surface area contributed by atoms with Crippen molar-refractivity contribution in [3.8, 4) is 5.88 Å². The molecule has 1 atom stereocenters. The van der Waals surface area contributed by atoms with Crippen LogP contribution in [0.2, 0.25) is 0 Å². The first-order valence-corrected chi connectivity index (χ1v) is 5.97. The molecular weight excluding hydrogens is 234 g/mol. The van der Waals surface area contributed by atoms with E-state index in [4.69, 9.17) is 9.47 Å². The Labute approximate surface area is 107 Å². The molecule has 0 fully saturated rings. The summed E-state index contributed by atoms with van der Waals surface area (Å²) in [5.74, 6) is 1.15. The fraction of sp³-hybridized carbons (Fsp3) is 0.667. The number of aromatic nitrogens is 2. The molecular formula is C12H21N3O3. The maximum atomic E-state index is 10.1. The van der Waals surface area contributed by atoms with E-state index in [1.807, 2.05) is 6.92 Å². The lowest BCUT2D eigenvalue weighted by Gasteiger charge is -2.23. The molecule has 0 saturated heterocycles. The molecule has 1 heterocycles. The van der Waals surface area contributed by atoms with Crippen LogP contribution in [0, 0.1) is 0 Å². The van der Waals surface area contributed by atoms with Crippen molar-refractivity contribution >= 4 is 5.82 Å². The number of nitrogens with one attached hydrogen (secondary N) is 1. The van der Waals surface area contributed by atoms with Gasteiger partial charge in [-0.3, -0.25) is 0 Å². The largest absolute Gasteiger partial charge is 0.478 e. The number of methoxy groups -OCH3 is 1. The van der Waals surface area contributed by atoms with Gasteiger partial charge in [-0.1, -0.05) is 0 Å². The second kappa shape index (κ2) is 7.13. The van der Waals surface area contributed by atoms with Gasteiger partial charge in [0.2, 0.25) is 5.88 Å². The molecule has 0 amide bonds. The van der Waals surface area contributed by atoms with Gasteiger partial charge in [0, 0.05) is 32.7 Å². The minimum atomic E-state index is -0.841. The highest BCUT2D eigenvalue weighted by atomic mass is 16.5. The molecule has 0 aliphatic heterocycles. The summed E-state index contributed by atoms with van der Waals surface area (Å²) in [5, 5.41) is 13.1. The molecule has 6 nitrogen and oxygen atoms in total. The molecule has 2 N–H and O–H groups in total. The summed E-state index contributed by atoms with van der Waals surface area (Å²) in [7, 11) is 1.61. The van der Waals surface area contributed by atoms with Gasteiger partial charge in [0.05, 0.1) is 12.2 Å². The number of anilines is 1. The molecule has 0 aromatic carbocycles. The Morgan fingerprint density at radius 1 is 1.44 bits per heavy atom. The fourth-order valence-corrected chi connectivity index (χ4v) is 1.35. The Morgan fingerprint density at radius 2 is 2.22 bits per heavy atom. The lowest BCUT2D eigenvalue weighted by molar-refractivity contribution is 0.0357. The van der Waals surface area contributed by atoms with E-state index in [0.29, 0.717) is 37.9 Å². The smallest absolute Gasteiger partial charge is 0.218 e. The third kappa shape index (κ3) is 5.29. The van der Waals surface area contributed by atoms with E-state index in [1.54, 1.807) is 20.1 Å². The average Bonchev–Trinajstić information content (AvgIpc) is 2.35. The van der Waals surface area contributed by atoms with Crippen LogP contribution in [-0.4, -0.2) is 47.5 Å². The van der Waals surface area contributed by atoms with Gasteiger partial charge in [0.25, 0.3) is 0 Å². The summed E-state index contributed by atoms with van der Waals surface area (Å²) < 4.78 is 10.2. The first-order chi connectivity index (χ1) is 8.57. The summed E-state index contributed by atoms with van der Waals surface area (Å²) in [4.78, 5) is 8.03. The maximum absolute atomic E-state index is 10.1. The van der Waals surface area contributed by atoms with Gasteiger partial charge in [0.15, 0.2) is 0 Å². The van der Waals surface area contributed by atoms with Gasteiger partial charge >= 0.3 is 0 Å². The Morgan fingerprint density at radius 3 is 2.89 bits per heavy atom. The Bertz CT molecular complexity index is 358. The lowest BCUT2D eigenvalue weighted by atomic mass is 10.0. The molecule has 1 rings (SSSR count). The quantitative estimate of drug-likeness (QED) is 0.723. The zero-order valence-corrected chi connectivity index (χ0v) is 11.1. The van der Waals surface area contributed by atoms with Crippen LogP contribution in [0.3, 0.4) is 0 Å². The summed E-state index contributed by atoms with van der Waals surface area (Å²) >= 11 is 0. The third-order valence-electron chi connectivity index (χ3n) is 2.43. The highest BCUT2D eigenvalue weighted by molar-refractivity contribution is 5.37. The molecule has 0 bridgehead atoms. The van der Waals surface area contributed by atoms with E-state index in [0.717, 1.165) is 0 Å². The van der Waals surface area contributed by atoms with Crippen molar-refractivity contribution in [1.82, 2.24) is 9.97 Å². The number of ether oxygens (including phenoxy) is 2. The van der Waals surface area contributed by atoms with Crippen LogP contribution in [0.15, 0.2) is 12.4 Å². The average molecular weight is 255 g/mol. The van der Waals surface area contributed by atoms with Crippen LogP contribution in [0.25, 0.3) is 0 Å².